The summed E-state index contributed by atoms with van der Waals surface area (Å²) >= 11 is 5.94. The standard InChI is InChI=1S/C18H18ClN7O.C3H6/c1-12(15-10-25(11-22-15)14-4-2-13(19)3-5-14)23-17-20-7-6-16(24-17)26-9-8-21-18(26)27;1-2-3-1/h2-7,10-12H,8-9H2,1H3,(H,21,27)(H,20,23,24);1-3H2. The Morgan fingerprint density at radius 3 is 2.57 bits per heavy atom. The molecule has 0 bridgehead atoms. The number of imidazole rings is 1. The fourth-order valence-electron chi connectivity index (χ4n) is 2.84. The van der Waals surface area contributed by atoms with Crippen LogP contribution in [0.5, 0.6) is 0 Å². The number of amides is 2. The van der Waals surface area contributed by atoms with E-state index in [0.717, 1.165) is 11.4 Å². The second-order valence-electron chi connectivity index (χ2n) is 7.23. The number of anilines is 2. The number of benzene rings is 1. The van der Waals surface area contributed by atoms with Crippen molar-refractivity contribution in [1.29, 1.82) is 0 Å². The van der Waals surface area contributed by atoms with Gasteiger partial charge in [-0.1, -0.05) is 30.9 Å². The average molecular weight is 426 g/mol. The Labute approximate surface area is 180 Å². The lowest BCUT2D eigenvalue weighted by molar-refractivity contribution is 0.252. The Hall–Kier alpha value is -3.13. The Bertz CT molecular complexity index is 1000. The zero-order chi connectivity index (χ0) is 20.9. The maximum atomic E-state index is 11.8. The summed E-state index contributed by atoms with van der Waals surface area (Å²) in [7, 11) is 0. The molecule has 1 aliphatic heterocycles. The van der Waals surface area contributed by atoms with Crippen molar-refractivity contribution in [2.75, 3.05) is 23.3 Å². The van der Waals surface area contributed by atoms with Crippen molar-refractivity contribution in [2.45, 2.75) is 32.2 Å². The highest BCUT2D eigenvalue weighted by atomic mass is 35.5. The normalized spacial score (nSPS) is 15.8. The van der Waals surface area contributed by atoms with Crippen molar-refractivity contribution in [2.24, 2.45) is 0 Å². The quantitative estimate of drug-likeness (QED) is 0.639. The van der Waals surface area contributed by atoms with Crippen molar-refractivity contribution in [3.8, 4) is 5.69 Å². The van der Waals surface area contributed by atoms with Crippen molar-refractivity contribution < 1.29 is 4.79 Å². The number of carbonyl (C=O) groups is 1. The first-order valence-electron chi connectivity index (χ1n) is 10.0. The van der Waals surface area contributed by atoms with E-state index in [1.165, 1.54) is 19.3 Å². The van der Waals surface area contributed by atoms with E-state index in [2.05, 4.69) is 25.6 Å². The molecule has 2 aliphatic rings. The molecule has 5 rings (SSSR count). The van der Waals surface area contributed by atoms with Crippen LogP contribution >= 0.6 is 11.6 Å². The van der Waals surface area contributed by atoms with E-state index in [1.54, 1.807) is 23.5 Å². The highest BCUT2D eigenvalue weighted by molar-refractivity contribution is 6.30. The van der Waals surface area contributed by atoms with Crippen LogP contribution in [0.15, 0.2) is 49.1 Å². The van der Waals surface area contributed by atoms with Gasteiger partial charge in [-0.3, -0.25) is 4.90 Å². The lowest BCUT2D eigenvalue weighted by Gasteiger charge is -2.15. The minimum atomic E-state index is -0.144. The minimum absolute atomic E-state index is 0.110. The summed E-state index contributed by atoms with van der Waals surface area (Å²) in [4.78, 5) is 26.5. The predicted molar refractivity (Wildman–Crippen MR) is 117 cm³/mol. The van der Waals surface area contributed by atoms with E-state index >= 15 is 0 Å². The van der Waals surface area contributed by atoms with Gasteiger partial charge in [-0.15, -0.1) is 0 Å². The van der Waals surface area contributed by atoms with Crippen LogP contribution in [0.3, 0.4) is 0 Å². The minimum Gasteiger partial charge on any atom is -0.346 e. The van der Waals surface area contributed by atoms with Gasteiger partial charge in [-0.2, -0.15) is 4.98 Å². The summed E-state index contributed by atoms with van der Waals surface area (Å²) in [6.45, 7) is 3.19. The van der Waals surface area contributed by atoms with Crippen LogP contribution in [0.2, 0.25) is 5.02 Å². The van der Waals surface area contributed by atoms with E-state index in [4.69, 9.17) is 11.6 Å². The number of hydrogen-bond donors (Lipinski definition) is 2. The molecular weight excluding hydrogens is 402 g/mol. The van der Waals surface area contributed by atoms with E-state index in [-0.39, 0.29) is 12.1 Å². The number of carbonyl (C=O) groups excluding carboxylic acids is 1. The van der Waals surface area contributed by atoms with Gasteiger partial charge in [-0.05, 0) is 37.3 Å². The Kier molecular flexibility index (Phi) is 6.13. The van der Waals surface area contributed by atoms with Crippen LogP contribution in [0.1, 0.15) is 37.9 Å². The van der Waals surface area contributed by atoms with Crippen LogP contribution in [0, 0.1) is 0 Å². The molecule has 8 nitrogen and oxygen atoms in total. The fourth-order valence-corrected chi connectivity index (χ4v) is 2.97. The predicted octanol–water partition coefficient (Wildman–Crippen LogP) is 4.19. The molecule has 2 aromatic heterocycles. The first-order valence-corrected chi connectivity index (χ1v) is 10.4. The Balaban J connectivity index is 0.000000667. The maximum absolute atomic E-state index is 11.8. The molecule has 2 N–H and O–H groups in total. The third-order valence-corrected chi connectivity index (χ3v) is 4.90. The van der Waals surface area contributed by atoms with Gasteiger partial charge in [0.15, 0.2) is 0 Å². The van der Waals surface area contributed by atoms with Crippen LogP contribution in [0.4, 0.5) is 16.6 Å². The molecule has 156 valence electrons. The molecule has 1 saturated carbocycles. The molecule has 1 aliphatic carbocycles. The molecule has 9 heteroatoms. The first-order chi connectivity index (χ1) is 14.6. The SMILES string of the molecule is C1CC1.CC(Nc1nccc(N2CCNC2=O)n1)c1cn(-c2ccc(Cl)cc2)cn1. The summed E-state index contributed by atoms with van der Waals surface area (Å²) in [5, 5.41) is 6.69. The van der Waals surface area contributed by atoms with Gasteiger partial charge < -0.3 is 15.2 Å². The lowest BCUT2D eigenvalue weighted by atomic mass is 10.2. The average Bonchev–Trinajstić information content (AvgIpc) is 3.44. The number of rotatable bonds is 5. The molecule has 1 saturated heterocycles. The molecule has 1 atom stereocenters. The van der Waals surface area contributed by atoms with Gasteiger partial charge in [0.2, 0.25) is 5.95 Å². The van der Waals surface area contributed by atoms with Crippen LogP contribution < -0.4 is 15.5 Å². The van der Waals surface area contributed by atoms with Crippen molar-refractivity contribution in [1.82, 2.24) is 24.8 Å². The number of hydrogen-bond acceptors (Lipinski definition) is 5. The second kappa shape index (κ2) is 9.13. The molecular formula is C21H24ClN7O. The lowest BCUT2D eigenvalue weighted by Crippen LogP contribution is -2.28. The van der Waals surface area contributed by atoms with Crippen molar-refractivity contribution >= 4 is 29.4 Å². The fraction of sp³-hybridized carbons (Fsp3) is 0.333. The number of urea groups is 1. The Morgan fingerprint density at radius 1 is 1.13 bits per heavy atom. The zero-order valence-electron chi connectivity index (χ0n) is 16.8. The molecule has 3 heterocycles. The van der Waals surface area contributed by atoms with Crippen molar-refractivity contribution in [3.63, 3.8) is 0 Å². The monoisotopic (exact) mass is 425 g/mol. The third kappa shape index (κ3) is 5.07. The molecule has 0 radical (unpaired) electrons. The molecule has 3 aromatic rings. The summed E-state index contributed by atoms with van der Waals surface area (Å²) in [6, 6.07) is 9.00. The number of nitrogens with one attached hydrogen (secondary N) is 2. The summed E-state index contributed by atoms with van der Waals surface area (Å²) < 4.78 is 1.93. The number of nitrogens with zero attached hydrogens (tertiary/aromatic N) is 5. The van der Waals surface area contributed by atoms with Crippen LogP contribution in [-0.4, -0.2) is 38.6 Å². The summed E-state index contributed by atoms with van der Waals surface area (Å²) in [6.07, 6.45) is 9.83. The van der Waals surface area contributed by atoms with Crippen molar-refractivity contribution in [3.05, 3.63) is 59.8 Å². The number of aromatic nitrogens is 4. The van der Waals surface area contributed by atoms with Gasteiger partial charge in [-0.25, -0.2) is 14.8 Å². The number of halogens is 1. The van der Waals surface area contributed by atoms with Gasteiger partial charge in [0.1, 0.15) is 5.82 Å². The Morgan fingerprint density at radius 2 is 1.90 bits per heavy atom. The van der Waals surface area contributed by atoms with Crippen LogP contribution in [-0.2, 0) is 0 Å². The maximum Gasteiger partial charge on any atom is 0.323 e. The third-order valence-electron chi connectivity index (χ3n) is 4.64. The molecule has 1 unspecified atom stereocenters. The molecule has 2 fully saturated rings. The summed E-state index contributed by atoms with van der Waals surface area (Å²) in [5.41, 5.74) is 1.82. The van der Waals surface area contributed by atoms with Gasteiger partial charge in [0, 0.05) is 36.2 Å². The smallest absolute Gasteiger partial charge is 0.323 e. The second-order valence-corrected chi connectivity index (χ2v) is 7.67. The summed E-state index contributed by atoms with van der Waals surface area (Å²) in [5.74, 6) is 1.02. The van der Waals surface area contributed by atoms with Crippen LogP contribution in [0.25, 0.3) is 5.69 Å². The zero-order valence-corrected chi connectivity index (χ0v) is 17.5. The highest BCUT2D eigenvalue weighted by Crippen LogP contribution is 2.20. The highest BCUT2D eigenvalue weighted by Gasteiger charge is 2.22. The molecule has 1 aromatic carbocycles. The van der Waals surface area contributed by atoms with Gasteiger partial charge in [0.25, 0.3) is 0 Å². The van der Waals surface area contributed by atoms with E-state index in [1.807, 2.05) is 42.0 Å². The molecule has 0 spiro atoms. The topological polar surface area (TPSA) is 88.0 Å². The first kappa shape index (κ1) is 20.2. The van der Waals surface area contributed by atoms with Gasteiger partial charge in [0.05, 0.1) is 18.1 Å². The molecule has 30 heavy (non-hydrogen) atoms. The van der Waals surface area contributed by atoms with E-state index < -0.39 is 0 Å². The largest absolute Gasteiger partial charge is 0.346 e. The molecule has 2 amide bonds. The van der Waals surface area contributed by atoms with E-state index in [0.29, 0.717) is 29.9 Å². The van der Waals surface area contributed by atoms with E-state index in [9.17, 15) is 4.79 Å². The van der Waals surface area contributed by atoms with Gasteiger partial charge >= 0.3 is 6.03 Å².